The first-order valence-corrected chi connectivity index (χ1v) is 8.81. The van der Waals surface area contributed by atoms with E-state index in [4.69, 9.17) is 5.11 Å². The molecule has 0 aliphatic heterocycles. The normalized spacial score (nSPS) is 17.9. The second-order valence-corrected chi connectivity index (χ2v) is 7.10. The molecule has 1 saturated carbocycles. The zero-order chi connectivity index (χ0) is 20.0. The summed E-state index contributed by atoms with van der Waals surface area (Å²) < 4.78 is 0. The average Bonchev–Trinajstić information content (AvgIpc) is 3.06. The fraction of sp³-hybridized carbons (Fsp3) is 0.556. The first kappa shape index (κ1) is 20.8. The number of non-ortho nitro benzene ring substituents is 1. The summed E-state index contributed by atoms with van der Waals surface area (Å²) >= 11 is 0. The molecule has 0 bridgehead atoms. The van der Waals surface area contributed by atoms with Gasteiger partial charge in [-0.2, -0.15) is 0 Å². The summed E-state index contributed by atoms with van der Waals surface area (Å²) in [6.07, 6.45) is 1.73. The molecule has 2 rings (SSSR count). The number of hydrogen-bond acceptors (Lipinski definition) is 6. The van der Waals surface area contributed by atoms with Gasteiger partial charge >= 0.3 is 5.97 Å². The second kappa shape index (κ2) is 8.92. The van der Waals surface area contributed by atoms with Crippen LogP contribution in [0.2, 0.25) is 0 Å². The molecule has 0 radical (unpaired) electrons. The summed E-state index contributed by atoms with van der Waals surface area (Å²) in [7, 11) is 0. The molecule has 1 aromatic rings. The maximum Gasteiger partial charge on any atom is 0.303 e. The first-order valence-electron chi connectivity index (χ1n) is 8.81. The molecule has 27 heavy (non-hydrogen) atoms. The Morgan fingerprint density at radius 2 is 1.78 bits per heavy atom. The maximum absolute atomic E-state index is 12.4. The van der Waals surface area contributed by atoms with E-state index in [1.54, 1.807) is 0 Å². The summed E-state index contributed by atoms with van der Waals surface area (Å²) in [5, 5.41) is 42.3. The van der Waals surface area contributed by atoms with Crippen molar-refractivity contribution in [3.05, 3.63) is 39.9 Å². The minimum Gasteiger partial charge on any atom is -0.481 e. The van der Waals surface area contributed by atoms with Crippen LogP contribution in [0.4, 0.5) is 5.69 Å². The van der Waals surface area contributed by atoms with E-state index in [1.807, 2.05) is 0 Å². The largest absolute Gasteiger partial charge is 0.481 e. The Morgan fingerprint density at radius 1 is 1.19 bits per heavy atom. The lowest BCUT2D eigenvalue weighted by Crippen LogP contribution is -2.43. The molecule has 0 unspecified atom stereocenters. The maximum atomic E-state index is 12.4. The number of carboxylic acids is 1. The van der Waals surface area contributed by atoms with Crippen molar-refractivity contribution in [2.45, 2.75) is 50.7 Å². The van der Waals surface area contributed by atoms with Gasteiger partial charge in [-0.05, 0) is 36.0 Å². The Bertz CT molecular complexity index is 683. The predicted molar refractivity (Wildman–Crippen MR) is 94.8 cm³/mol. The standard InChI is InChI=1S/C18H24N2O7/c21-11-14(17(25)12-3-5-13(6-4-12)20(26)27)19-15(22)9-18(10-16(23)24)7-1-2-8-18/h3-6,14,17,21,25H,1-2,7-11H2,(H,19,22)(H,23,24)/t14-,17-/m0/s1. The molecule has 148 valence electrons. The smallest absolute Gasteiger partial charge is 0.303 e. The highest BCUT2D eigenvalue weighted by molar-refractivity contribution is 5.78. The fourth-order valence-electron chi connectivity index (χ4n) is 3.71. The Balaban J connectivity index is 2.03. The zero-order valence-electron chi connectivity index (χ0n) is 14.8. The van der Waals surface area contributed by atoms with Gasteiger partial charge in [0.15, 0.2) is 0 Å². The van der Waals surface area contributed by atoms with Crippen molar-refractivity contribution in [3.63, 3.8) is 0 Å². The van der Waals surface area contributed by atoms with E-state index in [1.165, 1.54) is 24.3 Å². The molecule has 1 aromatic carbocycles. The van der Waals surface area contributed by atoms with Crippen LogP contribution in [-0.4, -0.2) is 44.8 Å². The molecule has 0 saturated heterocycles. The molecule has 4 N–H and O–H groups in total. The zero-order valence-corrected chi connectivity index (χ0v) is 14.8. The number of hydrogen-bond donors (Lipinski definition) is 4. The number of carbonyl (C=O) groups is 2. The molecule has 1 fully saturated rings. The molecule has 9 nitrogen and oxygen atoms in total. The Hall–Kier alpha value is -2.52. The topological polar surface area (TPSA) is 150 Å². The molecular formula is C18H24N2O7. The van der Waals surface area contributed by atoms with Crippen molar-refractivity contribution in [1.29, 1.82) is 0 Å². The van der Waals surface area contributed by atoms with Crippen molar-refractivity contribution in [1.82, 2.24) is 5.32 Å². The number of nitro benzene ring substituents is 1. The number of nitrogens with zero attached hydrogens (tertiary/aromatic N) is 1. The van der Waals surface area contributed by atoms with Gasteiger partial charge in [0, 0.05) is 18.6 Å². The first-order chi connectivity index (χ1) is 12.8. The van der Waals surface area contributed by atoms with E-state index in [-0.39, 0.29) is 18.5 Å². The van der Waals surface area contributed by atoms with Crippen LogP contribution in [0.25, 0.3) is 0 Å². The van der Waals surface area contributed by atoms with Gasteiger partial charge in [-0.25, -0.2) is 0 Å². The number of carbonyl (C=O) groups excluding carboxylic acids is 1. The van der Waals surface area contributed by atoms with E-state index in [0.29, 0.717) is 18.4 Å². The van der Waals surface area contributed by atoms with Crippen LogP contribution in [0.15, 0.2) is 24.3 Å². The Labute approximate surface area is 156 Å². The summed E-state index contributed by atoms with van der Waals surface area (Å²) in [6, 6.07) is 4.19. The molecule has 1 aliphatic carbocycles. The number of aliphatic hydroxyl groups excluding tert-OH is 2. The molecular weight excluding hydrogens is 356 g/mol. The minimum atomic E-state index is -1.25. The van der Waals surface area contributed by atoms with E-state index >= 15 is 0 Å². The lowest BCUT2D eigenvalue weighted by Gasteiger charge is -2.28. The van der Waals surface area contributed by atoms with Crippen molar-refractivity contribution >= 4 is 17.6 Å². The van der Waals surface area contributed by atoms with E-state index in [9.17, 15) is 29.9 Å². The van der Waals surface area contributed by atoms with Gasteiger partial charge in [0.25, 0.3) is 5.69 Å². The van der Waals surface area contributed by atoms with Crippen molar-refractivity contribution in [2.75, 3.05) is 6.61 Å². The third-order valence-corrected chi connectivity index (χ3v) is 5.10. The molecule has 0 spiro atoms. The highest BCUT2D eigenvalue weighted by Gasteiger charge is 2.38. The third kappa shape index (κ3) is 5.48. The van der Waals surface area contributed by atoms with Crippen LogP contribution in [-0.2, 0) is 9.59 Å². The van der Waals surface area contributed by atoms with Crippen LogP contribution >= 0.6 is 0 Å². The fourth-order valence-corrected chi connectivity index (χ4v) is 3.71. The number of nitro groups is 1. The monoisotopic (exact) mass is 380 g/mol. The number of carboxylic acid groups (broad SMARTS) is 1. The lowest BCUT2D eigenvalue weighted by molar-refractivity contribution is -0.384. The van der Waals surface area contributed by atoms with Crippen LogP contribution in [0.1, 0.15) is 50.2 Å². The SMILES string of the molecule is O=C(O)CC1(CC(=O)N[C@@H](CO)[C@@H](O)c2ccc([N+](=O)[O-])cc2)CCCC1. The lowest BCUT2D eigenvalue weighted by atomic mass is 9.79. The Morgan fingerprint density at radius 3 is 2.26 bits per heavy atom. The predicted octanol–water partition coefficient (Wildman–Crippen LogP) is 1.53. The van der Waals surface area contributed by atoms with Gasteiger partial charge in [0.05, 0.1) is 24.0 Å². The van der Waals surface area contributed by atoms with Gasteiger partial charge in [0.1, 0.15) is 6.10 Å². The summed E-state index contributed by atoms with van der Waals surface area (Å²) in [6.45, 7) is -0.532. The number of amides is 1. The van der Waals surface area contributed by atoms with Gasteiger partial charge < -0.3 is 20.6 Å². The summed E-state index contributed by atoms with van der Waals surface area (Å²) in [4.78, 5) is 33.7. The van der Waals surface area contributed by atoms with E-state index in [0.717, 1.165) is 12.8 Å². The van der Waals surface area contributed by atoms with Gasteiger partial charge in [0.2, 0.25) is 5.91 Å². The van der Waals surface area contributed by atoms with E-state index < -0.39 is 41.0 Å². The number of nitrogens with one attached hydrogen (secondary N) is 1. The van der Waals surface area contributed by atoms with Crippen molar-refractivity contribution < 1.29 is 29.8 Å². The number of benzene rings is 1. The highest BCUT2D eigenvalue weighted by Crippen LogP contribution is 2.44. The second-order valence-electron chi connectivity index (χ2n) is 7.10. The number of aliphatic hydroxyl groups is 2. The molecule has 1 amide bonds. The van der Waals surface area contributed by atoms with Crippen molar-refractivity contribution in [3.8, 4) is 0 Å². The molecule has 0 aromatic heterocycles. The van der Waals surface area contributed by atoms with Crippen LogP contribution in [0, 0.1) is 15.5 Å². The Kier molecular flexibility index (Phi) is 6.86. The van der Waals surface area contributed by atoms with E-state index in [2.05, 4.69) is 5.32 Å². The summed E-state index contributed by atoms with van der Waals surface area (Å²) in [5.41, 5.74) is -0.401. The molecule has 9 heteroatoms. The minimum absolute atomic E-state index is 0.0166. The van der Waals surface area contributed by atoms with Crippen molar-refractivity contribution in [2.24, 2.45) is 5.41 Å². The van der Waals surface area contributed by atoms with Crippen LogP contribution in [0.5, 0.6) is 0 Å². The quantitative estimate of drug-likeness (QED) is 0.375. The molecule has 0 heterocycles. The van der Waals surface area contributed by atoms with Crippen LogP contribution < -0.4 is 5.32 Å². The third-order valence-electron chi connectivity index (χ3n) is 5.10. The average molecular weight is 380 g/mol. The highest BCUT2D eigenvalue weighted by atomic mass is 16.6. The van der Waals surface area contributed by atoms with Crippen LogP contribution in [0.3, 0.4) is 0 Å². The van der Waals surface area contributed by atoms with Gasteiger partial charge in [-0.1, -0.05) is 12.8 Å². The summed E-state index contributed by atoms with van der Waals surface area (Å²) in [5.74, 6) is -1.38. The van der Waals surface area contributed by atoms with Gasteiger partial charge in [-0.15, -0.1) is 0 Å². The number of rotatable bonds is 9. The molecule has 2 atom stereocenters. The molecule has 1 aliphatic rings. The van der Waals surface area contributed by atoms with Gasteiger partial charge in [-0.3, -0.25) is 19.7 Å². The number of aliphatic carboxylic acids is 1.